The van der Waals surface area contributed by atoms with E-state index in [0.717, 1.165) is 13.1 Å². The minimum atomic E-state index is -0.185. The molecule has 1 saturated heterocycles. The van der Waals surface area contributed by atoms with Crippen molar-refractivity contribution in [3.8, 4) is 6.07 Å². The Bertz CT molecular complexity index is 487. The first-order valence-corrected chi connectivity index (χ1v) is 6.47. The van der Waals surface area contributed by atoms with Crippen LogP contribution in [0.3, 0.4) is 0 Å². The third-order valence-electron chi connectivity index (χ3n) is 3.25. The third kappa shape index (κ3) is 2.90. The molecule has 0 radical (unpaired) electrons. The molecule has 0 aromatic carbocycles. The maximum atomic E-state index is 12.3. The highest BCUT2D eigenvalue weighted by molar-refractivity contribution is 5.91. The summed E-state index contributed by atoms with van der Waals surface area (Å²) < 4.78 is 1.73. The predicted octanol–water partition coefficient (Wildman–Crippen LogP) is 0.0442. The molecule has 2 heterocycles. The van der Waals surface area contributed by atoms with Crippen molar-refractivity contribution in [1.29, 1.82) is 5.26 Å². The molecular weight excluding hydrogens is 244 g/mol. The monoisotopic (exact) mass is 262 g/mol. The Labute approximate surface area is 112 Å². The lowest BCUT2D eigenvalue weighted by Crippen LogP contribution is -2.43. The van der Waals surface area contributed by atoms with Crippen LogP contribution in [0.15, 0.2) is 6.20 Å². The fourth-order valence-electron chi connectivity index (χ4n) is 1.90. The van der Waals surface area contributed by atoms with Crippen molar-refractivity contribution in [3.63, 3.8) is 0 Å². The quantitative estimate of drug-likeness (QED) is 0.810. The van der Waals surface area contributed by atoms with Crippen molar-refractivity contribution < 1.29 is 4.79 Å². The minimum Gasteiger partial charge on any atom is -0.336 e. The molecule has 1 aromatic heterocycles. The van der Waals surface area contributed by atoms with Crippen LogP contribution in [-0.2, 0) is 0 Å². The van der Waals surface area contributed by atoms with E-state index in [1.165, 1.54) is 0 Å². The topological polar surface area (TPSA) is 86.8 Å². The van der Waals surface area contributed by atoms with E-state index in [1.807, 2.05) is 6.92 Å². The Morgan fingerprint density at radius 3 is 3.00 bits per heavy atom. The van der Waals surface area contributed by atoms with Crippen molar-refractivity contribution in [1.82, 2.24) is 25.2 Å². The Balaban J connectivity index is 2.04. The zero-order chi connectivity index (χ0) is 13.8. The maximum absolute atomic E-state index is 12.3. The number of hydrogen-bond acceptors (Lipinski definition) is 5. The van der Waals surface area contributed by atoms with Crippen LogP contribution < -0.4 is 5.32 Å². The fraction of sp³-hybridized carbons (Fsp3) is 0.667. The molecule has 1 fully saturated rings. The number of carbonyl (C=O) groups is 1. The molecule has 102 valence electrons. The zero-order valence-corrected chi connectivity index (χ0v) is 11.2. The lowest BCUT2D eigenvalue weighted by Gasteiger charge is -2.26. The molecule has 7 nitrogen and oxygen atoms in total. The van der Waals surface area contributed by atoms with Crippen LogP contribution in [0, 0.1) is 17.2 Å². The van der Waals surface area contributed by atoms with Crippen molar-refractivity contribution in [2.75, 3.05) is 26.2 Å². The van der Waals surface area contributed by atoms with Crippen LogP contribution in [0.4, 0.5) is 0 Å². The van der Waals surface area contributed by atoms with E-state index >= 15 is 0 Å². The number of hydrogen-bond donors (Lipinski definition) is 1. The minimum absolute atomic E-state index is 0.164. The van der Waals surface area contributed by atoms with Gasteiger partial charge in [-0.25, -0.2) is 4.68 Å². The molecule has 0 spiro atoms. The highest BCUT2D eigenvalue weighted by Gasteiger charge is 2.24. The molecule has 1 aliphatic heterocycles. The van der Waals surface area contributed by atoms with Gasteiger partial charge in [0.1, 0.15) is 0 Å². The molecule has 0 saturated carbocycles. The summed E-state index contributed by atoms with van der Waals surface area (Å²) in [5.74, 6) is -0.349. The number of carbonyl (C=O) groups excluding carboxylic acids is 1. The molecule has 0 bridgehead atoms. The van der Waals surface area contributed by atoms with Crippen molar-refractivity contribution in [2.45, 2.75) is 19.9 Å². The van der Waals surface area contributed by atoms with Crippen molar-refractivity contribution in [2.24, 2.45) is 5.92 Å². The molecule has 1 atom stereocenters. The molecule has 7 heteroatoms. The SMILES string of the molecule is CCN(CC(C)C#N)C(=O)c1cn(C2CNC2)nn1. The van der Waals surface area contributed by atoms with Gasteiger partial charge in [-0.15, -0.1) is 5.10 Å². The molecule has 1 aliphatic rings. The van der Waals surface area contributed by atoms with E-state index in [4.69, 9.17) is 5.26 Å². The molecule has 1 aromatic rings. The standard InChI is InChI=1S/C12H18N6O/c1-3-17(7-9(2)4-13)12(19)11-8-18(16-15-11)10-5-14-6-10/h8-10,14H,3,5-7H2,1-2H3. The van der Waals surface area contributed by atoms with Gasteiger partial charge in [-0.3, -0.25) is 4.79 Å². The van der Waals surface area contributed by atoms with Gasteiger partial charge < -0.3 is 10.2 Å². The van der Waals surface area contributed by atoms with Crippen LogP contribution in [0.1, 0.15) is 30.4 Å². The third-order valence-corrected chi connectivity index (χ3v) is 3.25. The number of aromatic nitrogens is 3. The number of rotatable bonds is 5. The van der Waals surface area contributed by atoms with E-state index in [1.54, 1.807) is 22.7 Å². The van der Waals surface area contributed by atoms with Gasteiger partial charge in [0.25, 0.3) is 5.91 Å². The van der Waals surface area contributed by atoms with E-state index < -0.39 is 0 Å². The maximum Gasteiger partial charge on any atom is 0.276 e. The van der Waals surface area contributed by atoms with Crippen molar-refractivity contribution >= 4 is 5.91 Å². The Morgan fingerprint density at radius 1 is 1.74 bits per heavy atom. The number of nitrogens with zero attached hydrogens (tertiary/aromatic N) is 5. The second-order valence-corrected chi connectivity index (χ2v) is 4.77. The van der Waals surface area contributed by atoms with Crippen LogP contribution in [0.5, 0.6) is 0 Å². The smallest absolute Gasteiger partial charge is 0.276 e. The average Bonchev–Trinajstić information content (AvgIpc) is 2.81. The fourth-order valence-corrected chi connectivity index (χ4v) is 1.90. The Hall–Kier alpha value is -1.94. The zero-order valence-electron chi connectivity index (χ0n) is 11.2. The summed E-state index contributed by atoms with van der Waals surface area (Å²) in [6.45, 7) is 6.39. The van der Waals surface area contributed by atoms with E-state index in [0.29, 0.717) is 24.8 Å². The van der Waals surface area contributed by atoms with Gasteiger partial charge in [0, 0.05) is 26.2 Å². The summed E-state index contributed by atoms with van der Waals surface area (Å²) in [7, 11) is 0. The van der Waals surface area contributed by atoms with Gasteiger partial charge in [-0.05, 0) is 13.8 Å². The van der Waals surface area contributed by atoms with Gasteiger partial charge in [-0.1, -0.05) is 5.21 Å². The second-order valence-electron chi connectivity index (χ2n) is 4.77. The molecule has 0 aliphatic carbocycles. The highest BCUT2D eigenvalue weighted by Crippen LogP contribution is 2.11. The lowest BCUT2D eigenvalue weighted by molar-refractivity contribution is 0.0746. The Kier molecular flexibility index (Phi) is 4.12. The average molecular weight is 262 g/mol. The number of amides is 1. The predicted molar refractivity (Wildman–Crippen MR) is 68.3 cm³/mol. The van der Waals surface area contributed by atoms with Gasteiger partial charge in [0.15, 0.2) is 5.69 Å². The van der Waals surface area contributed by atoms with E-state index in [-0.39, 0.29) is 11.8 Å². The summed E-state index contributed by atoms with van der Waals surface area (Å²) in [5, 5.41) is 19.9. The van der Waals surface area contributed by atoms with E-state index in [2.05, 4.69) is 21.7 Å². The summed E-state index contributed by atoms with van der Waals surface area (Å²) >= 11 is 0. The largest absolute Gasteiger partial charge is 0.336 e. The highest BCUT2D eigenvalue weighted by atomic mass is 16.2. The van der Waals surface area contributed by atoms with Crippen LogP contribution in [-0.4, -0.2) is 52.0 Å². The van der Waals surface area contributed by atoms with Crippen molar-refractivity contribution in [3.05, 3.63) is 11.9 Å². The van der Waals surface area contributed by atoms with Gasteiger partial charge >= 0.3 is 0 Å². The van der Waals surface area contributed by atoms with Gasteiger partial charge in [0.05, 0.1) is 24.2 Å². The summed E-state index contributed by atoms with van der Waals surface area (Å²) in [6, 6.07) is 2.43. The first-order chi connectivity index (χ1) is 9.15. The normalized spacial score (nSPS) is 16.5. The summed E-state index contributed by atoms with van der Waals surface area (Å²) in [4.78, 5) is 13.9. The second kappa shape index (κ2) is 5.80. The first kappa shape index (κ1) is 13.5. The molecular formula is C12H18N6O. The first-order valence-electron chi connectivity index (χ1n) is 6.47. The van der Waals surface area contributed by atoms with Crippen LogP contribution in [0.2, 0.25) is 0 Å². The Morgan fingerprint density at radius 2 is 2.47 bits per heavy atom. The van der Waals surface area contributed by atoms with Gasteiger partial charge in [0.2, 0.25) is 0 Å². The van der Waals surface area contributed by atoms with Crippen LogP contribution >= 0.6 is 0 Å². The van der Waals surface area contributed by atoms with Crippen LogP contribution in [0.25, 0.3) is 0 Å². The van der Waals surface area contributed by atoms with E-state index in [9.17, 15) is 4.79 Å². The summed E-state index contributed by atoms with van der Waals surface area (Å²) in [5.41, 5.74) is 0.346. The number of nitriles is 1. The number of nitrogens with one attached hydrogen (secondary N) is 1. The molecule has 2 rings (SSSR count). The van der Waals surface area contributed by atoms with Gasteiger partial charge in [-0.2, -0.15) is 5.26 Å². The molecule has 1 amide bonds. The molecule has 1 N–H and O–H groups in total. The lowest BCUT2D eigenvalue weighted by atomic mass is 10.2. The molecule has 1 unspecified atom stereocenters. The summed E-state index contributed by atoms with van der Waals surface area (Å²) in [6.07, 6.45) is 1.69. The molecule has 19 heavy (non-hydrogen) atoms.